The molecule has 1 aromatic heterocycles. The fourth-order valence-corrected chi connectivity index (χ4v) is 3.06. The van der Waals surface area contributed by atoms with Crippen LogP contribution in [-0.2, 0) is 4.79 Å². The first kappa shape index (κ1) is 14.3. The molecule has 0 fully saturated rings. The number of nitrogens with zero attached hydrogens (tertiary/aromatic N) is 1. The quantitative estimate of drug-likeness (QED) is 0.307. The average Bonchev–Trinajstić information content (AvgIpc) is 2.97. The summed E-state index contributed by atoms with van der Waals surface area (Å²) in [7, 11) is 0. The molecule has 0 saturated heterocycles. The van der Waals surface area contributed by atoms with Gasteiger partial charge in [0, 0.05) is 16.8 Å². The lowest BCUT2D eigenvalue weighted by Gasteiger charge is -2.12. The number of fused-ring (bicyclic) bond motifs is 3. The average molecular weight is 313 g/mol. The number of carbonyl (C=O) groups excluding carboxylic acids is 1. The molecule has 116 valence electrons. The van der Waals surface area contributed by atoms with Gasteiger partial charge in [-0.1, -0.05) is 55.1 Å². The summed E-state index contributed by atoms with van der Waals surface area (Å²) in [5.74, 6) is 0.0390. The van der Waals surface area contributed by atoms with Crippen molar-refractivity contribution in [2.45, 2.75) is 0 Å². The van der Waals surface area contributed by atoms with Crippen LogP contribution >= 0.6 is 0 Å². The van der Waals surface area contributed by atoms with Crippen LogP contribution in [0.25, 0.3) is 27.5 Å². The summed E-state index contributed by atoms with van der Waals surface area (Å²) < 4.78 is 7.56. The zero-order valence-electron chi connectivity index (χ0n) is 13.0. The van der Waals surface area contributed by atoms with Crippen molar-refractivity contribution in [3.05, 3.63) is 85.5 Å². The minimum atomic E-state index is -0.469. The van der Waals surface area contributed by atoms with Crippen LogP contribution in [0.5, 0.6) is 5.75 Å². The Morgan fingerprint density at radius 3 is 2.00 bits per heavy atom. The second kappa shape index (κ2) is 5.70. The molecule has 0 amide bonds. The molecule has 0 bridgehead atoms. The van der Waals surface area contributed by atoms with Crippen LogP contribution < -0.4 is 4.74 Å². The SMILES string of the molecule is C=CC(=O)Oc1ccccc1-n1c2ccccc2c2ccccc21. The highest BCUT2D eigenvalue weighted by molar-refractivity contribution is 6.09. The third kappa shape index (κ3) is 2.18. The Hall–Kier alpha value is -3.33. The minimum absolute atomic E-state index is 0.469. The number of para-hydroxylation sites is 4. The topological polar surface area (TPSA) is 31.2 Å². The van der Waals surface area contributed by atoms with Crippen molar-refractivity contribution >= 4 is 27.8 Å². The molecular weight excluding hydrogens is 298 g/mol. The molecular formula is C21H15NO2. The van der Waals surface area contributed by atoms with Gasteiger partial charge in [-0.2, -0.15) is 0 Å². The number of benzene rings is 3. The summed E-state index contributed by atoms with van der Waals surface area (Å²) in [4.78, 5) is 11.7. The van der Waals surface area contributed by atoms with Gasteiger partial charge in [0.1, 0.15) is 0 Å². The van der Waals surface area contributed by atoms with Crippen LogP contribution in [-0.4, -0.2) is 10.5 Å². The molecule has 0 spiro atoms. The van der Waals surface area contributed by atoms with Crippen LogP contribution in [0.1, 0.15) is 0 Å². The molecule has 4 aromatic rings. The van der Waals surface area contributed by atoms with Crippen molar-refractivity contribution in [3.63, 3.8) is 0 Å². The molecule has 0 saturated carbocycles. The largest absolute Gasteiger partial charge is 0.421 e. The molecule has 0 aliphatic heterocycles. The molecule has 3 aromatic carbocycles. The highest BCUT2D eigenvalue weighted by Crippen LogP contribution is 2.34. The number of rotatable bonds is 3. The van der Waals surface area contributed by atoms with Gasteiger partial charge in [0.15, 0.2) is 5.75 Å². The molecule has 0 N–H and O–H groups in total. The van der Waals surface area contributed by atoms with Crippen molar-refractivity contribution in [1.82, 2.24) is 4.57 Å². The number of hydrogen-bond donors (Lipinski definition) is 0. The Bertz CT molecular complexity index is 1020. The fraction of sp³-hybridized carbons (Fsp3) is 0. The molecule has 0 radical (unpaired) electrons. The molecule has 4 rings (SSSR count). The van der Waals surface area contributed by atoms with Crippen molar-refractivity contribution in [1.29, 1.82) is 0 Å². The van der Waals surface area contributed by atoms with Gasteiger partial charge in [0.25, 0.3) is 0 Å². The van der Waals surface area contributed by atoms with Gasteiger partial charge >= 0.3 is 5.97 Å². The van der Waals surface area contributed by atoms with Gasteiger partial charge in [-0.25, -0.2) is 4.79 Å². The van der Waals surface area contributed by atoms with Crippen LogP contribution in [0.4, 0.5) is 0 Å². The van der Waals surface area contributed by atoms with E-state index in [1.54, 1.807) is 6.07 Å². The monoisotopic (exact) mass is 313 g/mol. The van der Waals surface area contributed by atoms with Gasteiger partial charge < -0.3 is 9.30 Å². The number of carbonyl (C=O) groups is 1. The van der Waals surface area contributed by atoms with Crippen molar-refractivity contribution in [3.8, 4) is 11.4 Å². The van der Waals surface area contributed by atoms with E-state index in [9.17, 15) is 4.79 Å². The highest BCUT2D eigenvalue weighted by atomic mass is 16.5. The molecule has 3 heteroatoms. The first-order valence-corrected chi connectivity index (χ1v) is 7.71. The van der Waals surface area contributed by atoms with Gasteiger partial charge in [-0.05, 0) is 24.3 Å². The second-order valence-electron chi connectivity index (χ2n) is 5.46. The maximum atomic E-state index is 11.7. The van der Waals surface area contributed by atoms with Crippen LogP contribution in [0.2, 0.25) is 0 Å². The maximum absolute atomic E-state index is 11.7. The summed E-state index contributed by atoms with van der Waals surface area (Å²) in [6, 6.07) is 24.0. The molecule has 3 nitrogen and oxygen atoms in total. The third-order valence-corrected chi connectivity index (χ3v) is 4.06. The Labute approximate surface area is 139 Å². The Balaban J connectivity index is 2.06. The van der Waals surface area contributed by atoms with Gasteiger partial charge in [0.2, 0.25) is 0 Å². The Kier molecular flexibility index (Phi) is 3.39. The van der Waals surface area contributed by atoms with Crippen molar-refractivity contribution in [2.75, 3.05) is 0 Å². The lowest BCUT2D eigenvalue weighted by molar-refractivity contribution is -0.128. The molecule has 0 atom stereocenters. The van der Waals surface area contributed by atoms with E-state index in [1.807, 2.05) is 42.5 Å². The van der Waals surface area contributed by atoms with E-state index in [1.165, 1.54) is 6.08 Å². The summed E-state index contributed by atoms with van der Waals surface area (Å²) in [6.07, 6.45) is 1.17. The summed E-state index contributed by atoms with van der Waals surface area (Å²) in [6.45, 7) is 3.47. The molecule has 0 aliphatic rings. The van der Waals surface area contributed by atoms with Crippen LogP contribution in [0.15, 0.2) is 85.5 Å². The predicted molar refractivity (Wildman–Crippen MR) is 96.6 cm³/mol. The number of esters is 1. The molecule has 1 heterocycles. The van der Waals surface area contributed by atoms with E-state index in [4.69, 9.17) is 4.74 Å². The van der Waals surface area contributed by atoms with Gasteiger partial charge in [0.05, 0.1) is 16.7 Å². The van der Waals surface area contributed by atoms with E-state index in [-0.39, 0.29) is 0 Å². The summed E-state index contributed by atoms with van der Waals surface area (Å²) >= 11 is 0. The normalized spacial score (nSPS) is 10.8. The first-order valence-electron chi connectivity index (χ1n) is 7.71. The Morgan fingerprint density at radius 1 is 0.833 bits per heavy atom. The Morgan fingerprint density at radius 2 is 1.38 bits per heavy atom. The zero-order chi connectivity index (χ0) is 16.5. The minimum Gasteiger partial charge on any atom is -0.421 e. The van der Waals surface area contributed by atoms with Crippen molar-refractivity contribution in [2.24, 2.45) is 0 Å². The van der Waals surface area contributed by atoms with E-state index >= 15 is 0 Å². The third-order valence-electron chi connectivity index (χ3n) is 4.06. The number of hydrogen-bond acceptors (Lipinski definition) is 2. The predicted octanol–water partition coefficient (Wildman–Crippen LogP) is 4.88. The van der Waals surface area contributed by atoms with E-state index in [2.05, 4.69) is 35.4 Å². The highest BCUT2D eigenvalue weighted by Gasteiger charge is 2.15. The first-order chi connectivity index (χ1) is 11.8. The maximum Gasteiger partial charge on any atom is 0.335 e. The van der Waals surface area contributed by atoms with Crippen molar-refractivity contribution < 1.29 is 9.53 Å². The second-order valence-corrected chi connectivity index (χ2v) is 5.46. The summed E-state index contributed by atoms with van der Waals surface area (Å²) in [5, 5.41) is 2.33. The van der Waals surface area contributed by atoms with E-state index in [0.29, 0.717) is 5.75 Å². The summed E-state index contributed by atoms with van der Waals surface area (Å²) in [5.41, 5.74) is 2.96. The smallest absolute Gasteiger partial charge is 0.335 e. The van der Waals surface area contributed by atoms with E-state index in [0.717, 1.165) is 27.5 Å². The standard InChI is InChI=1S/C21H15NO2/c1-2-21(23)24-20-14-8-7-13-19(20)22-17-11-5-3-9-15(17)16-10-4-6-12-18(16)22/h2-14H,1H2. The van der Waals surface area contributed by atoms with Crippen LogP contribution in [0.3, 0.4) is 0 Å². The molecule has 0 unspecified atom stereocenters. The zero-order valence-corrected chi connectivity index (χ0v) is 13.0. The number of aromatic nitrogens is 1. The van der Waals surface area contributed by atoms with Gasteiger partial charge in [-0.15, -0.1) is 0 Å². The van der Waals surface area contributed by atoms with Gasteiger partial charge in [-0.3, -0.25) is 0 Å². The van der Waals surface area contributed by atoms with Crippen LogP contribution in [0, 0.1) is 0 Å². The fourth-order valence-electron chi connectivity index (χ4n) is 3.06. The lowest BCUT2D eigenvalue weighted by Crippen LogP contribution is -2.06. The lowest BCUT2D eigenvalue weighted by atomic mass is 10.2. The number of ether oxygens (including phenoxy) is 1. The molecule has 24 heavy (non-hydrogen) atoms. The molecule has 0 aliphatic carbocycles. The van der Waals surface area contributed by atoms with E-state index < -0.39 is 5.97 Å².